The van der Waals surface area contributed by atoms with Crippen molar-refractivity contribution in [1.29, 1.82) is 0 Å². The minimum atomic E-state index is -0.0640. The van der Waals surface area contributed by atoms with E-state index in [0.29, 0.717) is 30.3 Å². The van der Waals surface area contributed by atoms with Crippen molar-refractivity contribution in [2.75, 3.05) is 13.2 Å². The molecule has 0 saturated heterocycles. The summed E-state index contributed by atoms with van der Waals surface area (Å²) in [5, 5.41) is 3.00. The van der Waals surface area contributed by atoms with Crippen molar-refractivity contribution >= 4 is 5.91 Å². The molecule has 0 fully saturated rings. The maximum absolute atomic E-state index is 12.2. The van der Waals surface area contributed by atoms with Crippen molar-refractivity contribution in [1.82, 2.24) is 5.32 Å². The number of carbonyl (C=O) groups excluding carboxylic acids is 1. The minimum Gasteiger partial charge on any atom is -0.489 e. The molecule has 116 valence electrons. The van der Waals surface area contributed by atoms with Crippen LogP contribution in [0.4, 0.5) is 0 Å². The molecule has 1 aromatic carbocycles. The Bertz CT molecular complexity index is 511. The summed E-state index contributed by atoms with van der Waals surface area (Å²) in [6.45, 7) is 9.51. The van der Waals surface area contributed by atoms with Gasteiger partial charge >= 0.3 is 0 Å². The van der Waals surface area contributed by atoms with Gasteiger partial charge in [-0.05, 0) is 31.5 Å². The molecule has 1 atom stereocenters. The van der Waals surface area contributed by atoms with Crippen molar-refractivity contribution in [2.24, 2.45) is 5.41 Å². The summed E-state index contributed by atoms with van der Waals surface area (Å²) in [5.41, 5.74) is 0.580. The van der Waals surface area contributed by atoms with Gasteiger partial charge in [0.05, 0.1) is 13.2 Å². The highest BCUT2D eigenvalue weighted by Gasteiger charge is 2.25. The van der Waals surface area contributed by atoms with Gasteiger partial charge in [0, 0.05) is 17.0 Å². The molecule has 0 spiro atoms. The molecule has 0 radical (unpaired) electrons. The standard InChI is InChI=1S/C17H25NO3/c1-5-6-12(2)18-16(19)13-7-8-14-15(9-13)21-11-17(3,4)10-20-14/h7-9,12H,5-6,10-11H2,1-4H3,(H,18,19). The van der Waals surface area contributed by atoms with Gasteiger partial charge in [0.25, 0.3) is 5.91 Å². The summed E-state index contributed by atoms with van der Waals surface area (Å²) >= 11 is 0. The van der Waals surface area contributed by atoms with Crippen LogP contribution in [0.2, 0.25) is 0 Å². The molecule has 0 saturated carbocycles. The molecule has 1 heterocycles. The number of amides is 1. The summed E-state index contributed by atoms with van der Waals surface area (Å²) in [5.74, 6) is 1.29. The molecule has 2 rings (SSSR count). The Kier molecular flexibility index (Phi) is 4.76. The van der Waals surface area contributed by atoms with Crippen LogP contribution in [-0.2, 0) is 0 Å². The molecular weight excluding hydrogens is 266 g/mol. The van der Waals surface area contributed by atoms with Gasteiger partial charge in [-0.1, -0.05) is 27.2 Å². The topological polar surface area (TPSA) is 47.6 Å². The number of hydrogen-bond donors (Lipinski definition) is 1. The predicted octanol–water partition coefficient (Wildman–Crippen LogP) is 3.40. The molecule has 0 bridgehead atoms. The summed E-state index contributed by atoms with van der Waals surface area (Å²) in [4.78, 5) is 12.2. The number of benzene rings is 1. The van der Waals surface area contributed by atoms with Crippen LogP contribution in [0, 0.1) is 5.41 Å². The average Bonchev–Trinajstić information content (AvgIpc) is 2.58. The van der Waals surface area contributed by atoms with E-state index in [9.17, 15) is 4.79 Å². The fourth-order valence-electron chi connectivity index (χ4n) is 2.28. The first-order valence-electron chi connectivity index (χ1n) is 7.62. The number of rotatable bonds is 4. The van der Waals surface area contributed by atoms with Gasteiger partial charge in [-0.15, -0.1) is 0 Å². The Hall–Kier alpha value is -1.71. The fraction of sp³-hybridized carbons (Fsp3) is 0.588. The van der Waals surface area contributed by atoms with Crippen molar-refractivity contribution in [3.8, 4) is 11.5 Å². The SMILES string of the molecule is CCCC(C)NC(=O)c1ccc2c(c1)OCC(C)(C)CO2. The Morgan fingerprint density at radius 1 is 1.29 bits per heavy atom. The third-order valence-electron chi connectivity index (χ3n) is 3.54. The summed E-state index contributed by atoms with van der Waals surface area (Å²) in [6.07, 6.45) is 2.03. The van der Waals surface area contributed by atoms with Crippen LogP contribution in [-0.4, -0.2) is 25.2 Å². The van der Waals surface area contributed by atoms with Crippen molar-refractivity contribution in [3.05, 3.63) is 23.8 Å². The van der Waals surface area contributed by atoms with Crippen LogP contribution in [0.3, 0.4) is 0 Å². The summed E-state index contributed by atoms with van der Waals surface area (Å²) in [7, 11) is 0. The lowest BCUT2D eigenvalue weighted by Crippen LogP contribution is -2.32. The van der Waals surface area contributed by atoms with E-state index in [1.54, 1.807) is 12.1 Å². The summed E-state index contributed by atoms with van der Waals surface area (Å²) in [6, 6.07) is 5.55. The predicted molar refractivity (Wildman–Crippen MR) is 83.0 cm³/mol. The van der Waals surface area contributed by atoms with Gasteiger partial charge in [0.1, 0.15) is 0 Å². The molecule has 1 aliphatic rings. The molecule has 4 nitrogen and oxygen atoms in total. The zero-order valence-electron chi connectivity index (χ0n) is 13.4. The van der Waals surface area contributed by atoms with E-state index < -0.39 is 0 Å². The number of carbonyl (C=O) groups is 1. The molecule has 21 heavy (non-hydrogen) atoms. The monoisotopic (exact) mass is 291 g/mol. The quantitative estimate of drug-likeness (QED) is 0.925. The van der Waals surface area contributed by atoms with E-state index >= 15 is 0 Å². The molecular formula is C17H25NO3. The van der Waals surface area contributed by atoms with E-state index in [1.165, 1.54) is 0 Å². The third-order valence-corrected chi connectivity index (χ3v) is 3.54. The second-order valence-corrected chi connectivity index (χ2v) is 6.57. The lowest BCUT2D eigenvalue weighted by molar-refractivity contribution is 0.0937. The highest BCUT2D eigenvalue weighted by atomic mass is 16.5. The van der Waals surface area contributed by atoms with Crippen LogP contribution >= 0.6 is 0 Å². The van der Waals surface area contributed by atoms with Crippen LogP contribution < -0.4 is 14.8 Å². The Balaban J connectivity index is 2.11. The number of fused-ring (bicyclic) bond motifs is 1. The van der Waals surface area contributed by atoms with Gasteiger partial charge in [-0.2, -0.15) is 0 Å². The zero-order valence-corrected chi connectivity index (χ0v) is 13.4. The lowest BCUT2D eigenvalue weighted by Gasteiger charge is -2.19. The van der Waals surface area contributed by atoms with Gasteiger partial charge in [0.2, 0.25) is 0 Å². The second-order valence-electron chi connectivity index (χ2n) is 6.57. The number of ether oxygens (including phenoxy) is 2. The van der Waals surface area contributed by atoms with Crippen LogP contribution in [0.5, 0.6) is 11.5 Å². The third kappa shape index (κ3) is 4.13. The highest BCUT2D eigenvalue weighted by molar-refractivity contribution is 5.95. The molecule has 0 aromatic heterocycles. The molecule has 4 heteroatoms. The Labute approximate surface area is 126 Å². The molecule has 1 aliphatic heterocycles. The average molecular weight is 291 g/mol. The Morgan fingerprint density at radius 3 is 2.62 bits per heavy atom. The first-order valence-corrected chi connectivity index (χ1v) is 7.62. The molecule has 1 amide bonds. The first kappa shape index (κ1) is 15.7. The second kappa shape index (κ2) is 6.37. The molecule has 1 unspecified atom stereocenters. The van der Waals surface area contributed by atoms with E-state index in [1.807, 2.05) is 13.0 Å². The number of nitrogens with one attached hydrogen (secondary N) is 1. The van der Waals surface area contributed by atoms with Crippen LogP contribution in [0.1, 0.15) is 50.9 Å². The lowest BCUT2D eigenvalue weighted by atomic mass is 9.97. The van der Waals surface area contributed by atoms with Crippen molar-refractivity contribution in [2.45, 2.75) is 46.6 Å². The van der Waals surface area contributed by atoms with Gasteiger partial charge < -0.3 is 14.8 Å². The maximum Gasteiger partial charge on any atom is 0.251 e. The maximum atomic E-state index is 12.2. The highest BCUT2D eigenvalue weighted by Crippen LogP contribution is 2.34. The molecule has 0 aliphatic carbocycles. The number of hydrogen-bond acceptors (Lipinski definition) is 3. The van der Waals surface area contributed by atoms with Gasteiger partial charge in [0.15, 0.2) is 11.5 Å². The van der Waals surface area contributed by atoms with Crippen LogP contribution in [0.15, 0.2) is 18.2 Å². The summed E-state index contributed by atoms with van der Waals surface area (Å²) < 4.78 is 11.6. The smallest absolute Gasteiger partial charge is 0.251 e. The van der Waals surface area contributed by atoms with E-state index in [0.717, 1.165) is 12.8 Å². The van der Waals surface area contributed by atoms with Gasteiger partial charge in [-0.3, -0.25) is 4.79 Å². The molecule has 1 N–H and O–H groups in total. The van der Waals surface area contributed by atoms with Gasteiger partial charge in [-0.25, -0.2) is 0 Å². The first-order chi connectivity index (χ1) is 9.91. The fourth-order valence-corrected chi connectivity index (χ4v) is 2.28. The normalized spacial score (nSPS) is 17.7. The zero-order chi connectivity index (χ0) is 15.5. The van der Waals surface area contributed by atoms with E-state index in [2.05, 4.69) is 26.1 Å². The van der Waals surface area contributed by atoms with Crippen LogP contribution in [0.25, 0.3) is 0 Å². The van der Waals surface area contributed by atoms with E-state index in [4.69, 9.17) is 9.47 Å². The minimum absolute atomic E-state index is 0.0307. The Morgan fingerprint density at radius 2 is 1.95 bits per heavy atom. The van der Waals surface area contributed by atoms with Crippen molar-refractivity contribution in [3.63, 3.8) is 0 Å². The largest absolute Gasteiger partial charge is 0.489 e. The van der Waals surface area contributed by atoms with Crippen molar-refractivity contribution < 1.29 is 14.3 Å². The van der Waals surface area contributed by atoms with E-state index in [-0.39, 0.29) is 17.4 Å². The molecule has 1 aromatic rings.